The molecule has 188 valence electrons. The van der Waals surface area contributed by atoms with Gasteiger partial charge in [0.1, 0.15) is 5.76 Å². The van der Waals surface area contributed by atoms with Gasteiger partial charge in [-0.05, 0) is 44.1 Å². The molecule has 2 bridgehead atoms. The van der Waals surface area contributed by atoms with E-state index in [1.165, 1.54) is 7.11 Å². The number of carbonyl (C=O) groups is 3. The molecule has 3 N–H and O–H groups in total. The predicted octanol–water partition coefficient (Wildman–Crippen LogP) is -0.107. The monoisotopic (exact) mass is 489 g/mol. The number of carboxylic acids is 1. The van der Waals surface area contributed by atoms with Gasteiger partial charge in [0.15, 0.2) is 23.7 Å². The summed E-state index contributed by atoms with van der Waals surface area (Å²) in [6.07, 6.45) is -2.48. The van der Waals surface area contributed by atoms with Crippen LogP contribution in [-0.4, -0.2) is 88.8 Å². The van der Waals surface area contributed by atoms with Crippen molar-refractivity contribution in [2.75, 3.05) is 20.7 Å². The van der Waals surface area contributed by atoms with E-state index in [4.69, 9.17) is 24.1 Å². The van der Waals surface area contributed by atoms with Gasteiger partial charge in [0.2, 0.25) is 6.10 Å². The van der Waals surface area contributed by atoms with Crippen molar-refractivity contribution in [3.8, 4) is 11.5 Å². The molecule has 35 heavy (non-hydrogen) atoms. The number of carboxylic acid groups (broad SMARTS) is 1. The molecule has 1 fully saturated rings. The molecule has 1 aromatic carbocycles. The number of hydrogen-bond acceptors (Lipinski definition) is 10. The van der Waals surface area contributed by atoms with Crippen LogP contribution in [0.25, 0.3) is 0 Å². The van der Waals surface area contributed by atoms with Crippen molar-refractivity contribution in [1.82, 2.24) is 4.90 Å². The van der Waals surface area contributed by atoms with E-state index in [2.05, 4.69) is 4.90 Å². The zero-order valence-electron chi connectivity index (χ0n) is 19.5. The molecule has 1 unspecified atom stereocenters. The van der Waals surface area contributed by atoms with E-state index in [-0.39, 0.29) is 18.2 Å². The highest BCUT2D eigenvalue weighted by Gasteiger charge is 2.72. The summed E-state index contributed by atoms with van der Waals surface area (Å²) >= 11 is 0. The summed E-state index contributed by atoms with van der Waals surface area (Å²) in [6, 6.07) is 3.56. The lowest BCUT2D eigenvalue weighted by atomic mass is 9.50. The standard InChI is InChI=1S/C24H27NO10/c1-11(26)33-19(17(27)21(28)29)22(30)34-14-6-7-24(31)15-10-12-4-5-13(32-3)18-16(12)23(24,20(14)35-18)8-9-25(15)2/h4-6,15,17,19-20,27,31H,7-10H2,1-3H3,(H,28,29)/t15-,17+,19+,20-,23?,24-/m1/s1. The first kappa shape index (κ1) is 23.6. The fraction of sp³-hybridized carbons (Fsp3) is 0.542. The van der Waals surface area contributed by atoms with Crippen molar-refractivity contribution >= 4 is 17.9 Å². The number of esters is 2. The smallest absolute Gasteiger partial charge is 0.356 e. The largest absolute Gasteiger partial charge is 0.493 e. The van der Waals surface area contributed by atoms with Crippen LogP contribution in [0.5, 0.6) is 11.5 Å². The van der Waals surface area contributed by atoms with Crippen molar-refractivity contribution in [3.63, 3.8) is 0 Å². The maximum atomic E-state index is 12.9. The SMILES string of the molecule is COc1ccc2c3c1O[C@@H]1C(OC(=O)[C@@H](OC(C)=O)[C@H](O)C(=O)O)=CC[C@@]4(O)[C@@H](C2)N(C)CCC314. The van der Waals surface area contributed by atoms with Gasteiger partial charge in [-0.2, -0.15) is 0 Å². The molecule has 11 heteroatoms. The van der Waals surface area contributed by atoms with E-state index in [0.29, 0.717) is 30.9 Å². The lowest BCUT2D eigenvalue weighted by Gasteiger charge is -2.61. The van der Waals surface area contributed by atoms with Crippen LogP contribution in [0.1, 0.15) is 30.9 Å². The molecule has 4 aliphatic rings. The van der Waals surface area contributed by atoms with E-state index >= 15 is 0 Å². The Labute approximate surface area is 200 Å². The number of rotatable bonds is 6. The Morgan fingerprint density at radius 3 is 2.69 bits per heavy atom. The van der Waals surface area contributed by atoms with E-state index in [0.717, 1.165) is 18.1 Å². The topological polar surface area (TPSA) is 152 Å². The number of nitrogens with zero attached hydrogens (tertiary/aromatic N) is 1. The minimum absolute atomic E-state index is 0.0591. The van der Waals surface area contributed by atoms with Gasteiger partial charge >= 0.3 is 17.9 Å². The molecule has 5 rings (SSSR count). The second-order valence-electron chi connectivity index (χ2n) is 9.52. The van der Waals surface area contributed by atoms with Gasteiger partial charge in [0, 0.05) is 24.9 Å². The van der Waals surface area contributed by atoms with Crippen LogP contribution in [0.4, 0.5) is 0 Å². The molecule has 2 aliphatic carbocycles. The van der Waals surface area contributed by atoms with Gasteiger partial charge in [0.25, 0.3) is 0 Å². The Kier molecular flexibility index (Phi) is 5.35. The van der Waals surface area contributed by atoms with E-state index in [1.54, 1.807) is 12.1 Å². The van der Waals surface area contributed by atoms with Crippen molar-refractivity contribution in [2.45, 2.75) is 61.6 Å². The minimum atomic E-state index is -2.32. The van der Waals surface area contributed by atoms with Crippen LogP contribution in [0.15, 0.2) is 24.0 Å². The number of likely N-dealkylation sites (tertiary alicyclic amines) is 1. The fourth-order valence-electron chi connectivity index (χ4n) is 6.31. The summed E-state index contributed by atoms with van der Waals surface area (Å²) < 4.78 is 22.2. The molecule has 2 aliphatic heterocycles. The molecular formula is C24H27NO10. The molecule has 0 aromatic heterocycles. The van der Waals surface area contributed by atoms with Gasteiger partial charge in [-0.3, -0.25) is 4.79 Å². The Bertz CT molecular complexity index is 1150. The fourth-order valence-corrected chi connectivity index (χ4v) is 6.31. The highest BCUT2D eigenvalue weighted by atomic mass is 16.6. The summed E-state index contributed by atoms with van der Waals surface area (Å²) in [5.74, 6) is -2.94. The highest BCUT2D eigenvalue weighted by molar-refractivity contribution is 5.87. The zero-order valence-corrected chi connectivity index (χ0v) is 19.5. The number of hydrogen-bond donors (Lipinski definition) is 3. The first-order valence-corrected chi connectivity index (χ1v) is 11.3. The lowest BCUT2D eigenvalue weighted by molar-refractivity contribution is -0.184. The molecule has 1 aromatic rings. The summed E-state index contributed by atoms with van der Waals surface area (Å²) in [5, 5.41) is 31.2. The molecule has 0 amide bonds. The van der Waals surface area contributed by atoms with Crippen molar-refractivity contribution in [3.05, 3.63) is 35.1 Å². The molecule has 1 spiro atoms. The zero-order chi connectivity index (χ0) is 25.3. The number of ether oxygens (including phenoxy) is 4. The molecule has 0 radical (unpaired) electrons. The second kappa shape index (κ2) is 7.94. The molecule has 11 nitrogen and oxygen atoms in total. The van der Waals surface area contributed by atoms with Crippen LogP contribution >= 0.6 is 0 Å². The number of aliphatic carboxylic acids is 1. The number of benzene rings is 1. The Morgan fingerprint density at radius 2 is 2.03 bits per heavy atom. The molecular weight excluding hydrogens is 462 g/mol. The quantitative estimate of drug-likeness (QED) is 0.459. The third-order valence-corrected chi connectivity index (χ3v) is 7.84. The minimum Gasteiger partial charge on any atom is -0.493 e. The van der Waals surface area contributed by atoms with Crippen LogP contribution < -0.4 is 9.47 Å². The number of methoxy groups -OCH3 is 1. The van der Waals surface area contributed by atoms with Crippen molar-refractivity contribution < 1.29 is 48.7 Å². The predicted molar refractivity (Wildman–Crippen MR) is 117 cm³/mol. The van der Waals surface area contributed by atoms with Crippen LogP contribution in [0.3, 0.4) is 0 Å². The summed E-state index contributed by atoms with van der Waals surface area (Å²) in [5.41, 5.74) is -0.316. The average molecular weight is 489 g/mol. The normalized spacial score (nSPS) is 31.9. The third-order valence-electron chi connectivity index (χ3n) is 7.84. The van der Waals surface area contributed by atoms with Gasteiger partial charge in [0.05, 0.1) is 18.1 Å². The number of likely N-dealkylation sites (N-methyl/N-ethyl adjacent to an activating group) is 1. The number of aliphatic hydroxyl groups excluding tert-OH is 1. The number of aliphatic hydroxyl groups is 2. The summed E-state index contributed by atoms with van der Waals surface area (Å²) in [7, 11) is 3.48. The van der Waals surface area contributed by atoms with Crippen LogP contribution in [0.2, 0.25) is 0 Å². The first-order chi connectivity index (χ1) is 16.5. The van der Waals surface area contributed by atoms with E-state index in [9.17, 15) is 24.6 Å². The third kappa shape index (κ3) is 3.11. The van der Waals surface area contributed by atoms with Gasteiger partial charge in [-0.25, -0.2) is 9.59 Å². The van der Waals surface area contributed by atoms with Gasteiger partial charge < -0.3 is 39.2 Å². The molecule has 6 atom stereocenters. The van der Waals surface area contributed by atoms with Crippen molar-refractivity contribution in [2.24, 2.45) is 0 Å². The maximum absolute atomic E-state index is 12.9. The lowest BCUT2D eigenvalue weighted by Crippen LogP contribution is -2.74. The summed E-state index contributed by atoms with van der Waals surface area (Å²) in [6.45, 7) is 1.65. The molecule has 2 heterocycles. The van der Waals surface area contributed by atoms with Crippen LogP contribution in [-0.2, 0) is 35.7 Å². The van der Waals surface area contributed by atoms with Crippen LogP contribution in [0, 0.1) is 0 Å². The van der Waals surface area contributed by atoms with E-state index < -0.39 is 47.2 Å². The Balaban J connectivity index is 1.58. The molecule has 0 saturated carbocycles. The molecule has 1 saturated heterocycles. The second-order valence-corrected chi connectivity index (χ2v) is 9.52. The number of carbonyl (C=O) groups excluding carboxylic acids is 2. The highest BCUT2D eigenvalue weighted by Crippen LogP contribution is 2.65. The van der Waals surface area contributed by atoms with Gasteiger partial charge in [-0.1, -0.05) is 6.07 Å². The number of piperidine rings is 1. The van der Waals surface area contributed by atoms with Gasteiger partial charge in [-0.15, -0.1) is 0 Å². The first-order valence-electron chi connectivity index (χ1n) is 11.3. The van der Waals surface area contributed by atoms with Crippen molar-refractivity contribution in [1.29, 1.82) is 0 Å². The Hall–Kier alpha value is -3.15. The average Bonchev–Trinajstić information content (AvgIpc) is 3.16. The summed E-state index contributed by atoms with van der Waals surface area (Å²) in [4.78, 5) is 37.8. The maximum Gasteiger partial charge on any atom is 0.356 e. The van der Waals surface area contributed by atoms with E-state index in [1.807, 2.05) is 13.1 Å². The Morgan fingerprint density at radius 1 is 1.29 bits per heavy atom.